The van der Waals surface area contributed by atoms with Crippen molar-refractivity contribution in [3.05, 3.63) is 59.7 Å². The van der Waals surface area contributed by atoms with Crippen molar-refractivity contribution in [3.8, 4) is 11.3 Å². The zero-order valence-electron chi connectivity index (χ0n) is 15.2. The normalized spacial score (nSPS) is 12.3. The van der Waals surface area contributed by atoms with E-state index in [1.807, 2.05) is 60.0 Å². The summed E-state index contributed by atoms with van der Waals surface area (Å²) in [6.07, 6.45) is -1.37. The van der Waals surface area contributed by atoms with Gasteiger partial charge in [-0.05, 0) is 31.0 Å². The number of aromatic nitrogens is 1. The first-order valence-electron chi connectivity index (χ1n) is 8.60. The first kappa shape index (κ1) is 18.2. The number of ether oxygens (including phenoxy) is 2. The van der Waals surface area contributed by atoms with E-state index in [9.17, 15) is 9.90 Å². The van der Waals surface area contributed by atoms with Gasteiger partial charge in [-0.25, -0.2) is 4.79 Å². The van der Waals surface area contributed by atoms with Crippen molar-refractivity contribution in [1.29, 1.82) is 0 Å². The first-order valence-corrected chi connectivity index (χ1v) is 8.60. The lowest BCUT2D eigenvalue weighted by atomic mass is 10.00. The zero-order valence-corrected chi connectivity index (χ0v) is 15.2. The van der Waals surface area contributed by atoms with Crippen molar-refractivity contribution in [2.45, 2.75) is 26.7 Å². The van der Waals surface area contributed by atoms with Crippen LogP contribution in [0.2, 0.25) is 0 Å². The monoisotopic (exact) mass is 353 g/mol. The molecule has 0 aliphatic carbocycles. The van der Waals surface area contributed by atoms with Crippen LogP contribution < -0.4 is 0 Å². The molecule has 3 aromatic rings. The van der Waals surface area contributed by atoms with Crippen molar-refractivity contribution in [1.82, 2.24) is 4.57 Å². The van der Waals surface area contributed by atoms with E-state index in [0.29, 0.717) is 12.3 Å². The largest absolute Gasteiger partial charge is 0.464 e. The summed E-state index contributed by atoms with van der Waals surface area (Å²) in [5.74, 6) is -0.651. The second-order valence-electron chi connectivity index (χ2n) is 6.15. The van der Waals surface area contributed by atoms with Crippen LogP contribution in [0, 0.1) is 6.92 Å². The zero-order chi connectivity index (χ0) is 18.7. The maximum absolute atomic E-state index is 12.3. The Labute approximate surface area is 152 Å². The number of hydrogen-bond donors (Lipinski definition) is 1. The van der Waals surface area contributed by atoms with Gasteiger partial charge in [-0.2, -0.15) is 0 Å². The van der Waals surface area contributed by atoms with E-state index >= 15 is 0 Å². The molecule has 5 heteroatoms. The fourth-order valence-corrected chi connectivity index (χ4v) is 3.27. The van der Waals surface area contributed by atoms with Gasteiger partial charge in [0.1, 0.15) is 6.73 Å². The third kappa shape index (κ3) is 3.23. The van der Waals surface area contributed by atoms with Gasteiger partial charge in [0.05, 0.1) is 17.8 Å². The van der Waals surface area contributed by atoms with Gasteiger partial charge in [0, 0.05) is 18.1 Å². The average molecular weight is 353 g/mol. The highest BCUT2D eigenvalue weighted by Gasteiger charge is 2.29. The molecule has 3 rings (SSSR count). The van der Waals surface area contributed by atoms with E-state index in [0.717, 1.165) is 27.7 Å². The molecule has 0 spiro atoms. The van der Waals surface area contributed by atoms with Crippen LogP contribution in [0.5, 0.6) is 0 Å². The molecule has 0 amide bonds. The number of aliphatic hydroxyl groups excluding tert-OH is 1. The Kier molecular flexibility index (Phi) is 5.40. The highest BCUT2D eigenvalue weighted by molar-refractivity contribution is 5.96. The summed E-state index contributed by atoms with van der Waals surface area (Å²) >= 11 is 0. The number of carbonyl (C=O) groups is 1. The third-order valence-corrected chi connectivity index (χ3v) is 4.35. The van der Waals surface area contributed by atoms with Gasteiger partial charge in [-0.1, -0.05) is 42.5 Å². The summed E-state index contributed by atoms with van der Waals surface area (Å²) in [5.41, 5.74) is 4.19. The van der Waals surface area contributed by atoms with Crippen LogP contribution in [-0.2, 0) is 21.0 Å². The molecule has 1 N–H and O–H groups in total. The number of nitrogens with zero attached hydrogens (tertiary/aromatic N) is 1. The van der Waals surface area contributed by atoms with Gasteiger partial charge in [0.2, 0.25) is 0 Å². The summed E-state index contributed by atoms with van der Waals surface area (Å²) in [5, 5.41) is 11.6. The van der Waals surface area contributed by atoms with E-state index in [1.165, 1.54) is 0 Å². The summed E-state index contributed by atoms with van der Waals surface area (Å²) in [4.78, 5) is 12.3. The Morgan fingerprint density at radius 1 is 1.19 bits per heavy atom. The number of methoxy groups -OCH3 is 1. The molecular formula is C21H23NO4. The number of hydrogen-bond acceptors (Lipinski definition) is 4. The molecule has 2 aromatic carbocycles. The molecular weight excluding hydrogens is 330 g/mol. The lowest BCUT2D eigenvalue weighted by Gasteiger charge is -2.14. The Morgan fingerprint density at radius 3 is 2.58 bits per heavy atom. The van der Waals surface area contributed by atoms with Gasteiger partial charge >= 0.3 is 5.97 Å². The van der Waals surface area contributed by atoms with Gasteiger partial charge < -0.3 is 19.1 Å². The third-order valence-electron chi connectivity index (χ3n) is 4.35. The van der Waals surface area contributed by atoms with Crippen LogP contribution in [0.3, 0.4) is 0 Å². The molecule has 0 aliphatic rings. The average Bonchev–Trinajstić information content (AvgIpc) is 2.96. The molecule has 1 aromatic heterocycles. The highest BCUT2D eigenvalue weighted by atomic mass is 16.5. The van der Waals surface area contributed by atoms with E-state index in [1.54, 1.807) is 14.0 Å². The second-order valence-corrected chi connectivity index (χ2v) is 6.15. The van der Waals surface area contributed by atoms with Crippen LogP contribution in [-0.4, -0.2) is 29.4 Å². The molecule has 1 atom stereocenters. The predicted molar refractivity (Wildman–Crippen MR) is 101 cm³/mol. The van der Waals surface area contributed by atoms with Crippen molar-refractivity contribution in [3.63, 3.8) is 0 Å². The number of esters is 1. The molecule has 26 heavy (non-hydrogen) atoms. The van der Waals surface area contributed by atoms with Crippen molar-refractivity contribution >= 4 is 16.9 Å². The quantitative estimate of drug-likeness (QED) is 0.685. The summed E-state index contributed by atoms with van der Waals surface area (Å²) in [6.45, 7) is 4.25. The Hall–Kier alpha value is -2.63. The summed E-state index contributed by atoms with van der Waals surface area (Å²) < 4.78 is 12.4. The number of carbonyl (C=O) groups excluding carboxylic acids is 1. The van der Waals surface area contributed by atoms with Crippen molar-refractivity contribution in [2.75, 3.05) is 13.7 Å². The standard InChI is InChI=1S/C21H23NO4/c1-4-26-21(24)20(23)18-16-11-10-14(2)12-17(16)22(13-25-3)19(18)15-8-6-5-7-9-15/h5-12,20,23H,4,13H2,1-3H3. The molecule has 0 aliphatic heterocycles. The Balaban J connectivity index is 2.34. The lowest BCUT2D eigenvalue weighted by Crippen LogP contribution is -2.16. The summed E-state index contributed by atoms with van der Waals surface area (Å²) in [6, 6.07) is 15.6. The van der Waals surface area contributed by atoms with Gasteiger partial charge in [0.15, 0.2) is 6.10 Å². The summed E-state index contributed by atoms with van der Waals surface area (Å²) in [7, 11) is 1.62. The van der Waals surface area contributed by atoms with Crippen LogP contribution in [0.1, 0.15) is 24.2 Å². The molecule has 5 nitrogen and oxygen atoms in total. The minimum absolute atomic E-state index is 0.215. The highest BCUT2D eigenvalue weighted by Crippen LogP contribution is 2.38. The number of aliphatic hydroxyl groups is 1. The topological polar surface area (TPSA) is 60.7 Å². The maximum Gasteiger partial charge on any atom is 0.339 e. The van der Waals surface area contributed by atoms with Crippen LogP contribution in [0.25, 0.3) is 22.2 Å². The molecule has 1 heterocycles. The molecule has 1 unspecified atom stereocenters. The van der Waals surface area contributed by atoms with Crippen LogP contribution in [0.15, 0.2) is 48.5 Å². The number of aryl methyl sites for hydroxylation is 1. The number of rotatable bonds is 6. The van der Waals surface area contributed by atoms with Crippen molar-refractivity contribution < 1.29 is 19.4 Å². The molecule has 136 valence electrons. The maximum atomic E-state index is 12.3. The molecule has 0 fully saturated rings. The molecule has 0 saturated carbocycles. The van der Waals surface area contributed by atoms with E-state index < -0.39 is 12.1 Å². The predicted octanol–water partition coefficient (Wildman–Crippen LogP) is 3.82. The fourth-order valence-electron chi connectivity index (χ4n) is 3.27. The molecule has 0 saturated heterocycles. The molecule has 0 radical (unpaired) electrons. The number of fused-ring (bicyclic) bond motifs is 1. The smallest absolute Gasteiger partial charge is 0.339 e. The molecule has 0 bridgehead atoms. The van der Waals surface area contributed by atoms with Gasteiger partial charge in [-0.15, -0.1) is 0 Å². The minimum atomic E-state index is -1.37. The van der Waals surface area contributed by atoms with Crippen LogP contribution >= 0.6 is 0 Å². The Bertz CT molecular complexity index is 915. The van der Waals surface area contributed by atoms with E-state index in [2.05, 4.69) is 0 Å². The van der Waals surface area contributed by atoms with Crippen LogP contribution in [0.4, 0.5) is 0 Å². The van der Waals surface area contributed by atoms with Gasteiger partial charge in [-0.3, -0.25) is 0 Å². The minimum Gasteiger partial charge on any atom is -0.464 e. The lowest BCUT2D eigenvalue weighted by molar-refractivity contribution is -0.153. The van der Waals surface area contributed by atoms with Crippen molar-refractivity contribution in [2.24, 2.45) is 0 Å². The Morgan fingerprint density at radius 2 is 1.92 bits per heavy atom. The van der Waals surface area contributed by atoms with Gasteiger partial charge in [0.25, 0.3) is 0 Å². The van der Waals surface area contributed by atoms with E-state index in [-0.39, 0.29) is 6.61 Å². The van der Waals surface area contributed by atoms with E-state index in [4.69, 9.17) is 9.47 Å². The fraction of sp³-hybridized carbons (Fsp3) is 0.286. The SMILES string of the molecule is CCOC(=O)C(O)c1c(-c2ccccc2)n(COC)c2cc(C)ccc12. The second kappa shape index (κ2) is 7.72. The number of benzene rings is 2. The first-order chi connectivity index (χ1) is 12.6.